The number of thioether (sulfide) groups is 2. The molecule has 0 aliphatic carbocycles. The molecule has 0 spiro atoms. The Bertz CT molecular complexity index is 2260. The van der Waals surface area contributed by atoms with E-state index >= 15 is 0 Å². The highest BCUT2D eigenvalue weighted by molar-refractivity contribution is 8.78. The lowest BCUT2D eigenvalue weighted by atomic mass is 10.1. The number of hydrogen-bond donors (Lipinski definition) is 1. The molecule has 0 saturated heterocycles. The molecule has 4 unspecified atom stereocenters. The van der Waals surface area contributed by atoms with E-state index in [0.717, 1.165) is 88.8 Å². The number of rotatable bonds is 42. The Morgan fingerprint density at radius 1 is 0.410 bits per heavy atom. The molecule has 1 aromatic carbocycles. The van der Waals surface area contributed by atoms with Gasteiger partial charge in [-0.3, -0.25) is 14.4 Å². The van der Waals surface area contributed by atoms with Gasteiger partial charge in [-0.15, -0.1) is 18.3 Å². The Morgan fingerprint density at radius 3 is 0.933 bits per heavy atom. The molecule has 0 fully saturated rings. The van der Waals surface area contributed by atoms with Gasteiger partial charge < -0.3 is 29.4 Å². The van der Waals surface area contributed by atoms with Crippen molar-refractivity contribution in [2.24, 2.45) is 94.5 Å². The molecule has 822 valence electrons. The topological polar surface area (TPSA) is 123 Å². The second-order valence-corrected chi connectivity index (χ2v) is 58.8. The minimum absolute atomic E-state index is 0.00921. The number of carbonyl (C=O) groups is 3. The summed E-state index contributed by atoms with van der Waals surface area (Å²) < 4.78 is 60.9. The van der Waals surface area contributed by atoms with Crippen molar-refractivity contribution in [1.82, 2.24) is 0 Å². The molecule has 4 atom stereocenters. The lowest BCUT2D eigenvalue weighted by Gasteiger charge is -2.16. The van der Waals surface area contributed by atoms with Gasteiger partial charge in [-0.2, -0.15) is 11.8 Å². The maximum absolute atomic E-state index is 11.8. The fourth-order valence-electron chi connectivity index (χ4n) is 4.74. The van der Waals surface area contributed by atoms with Crippen molar-refractivity contribution >= 4 is 171 Å². The Hall–Kier alpha value is 1.68. The van der Waals surface area contributed by atoms with Crippen LogP contribution in [-0.2, 0) is 38.1 Å². The minimum Gasteiger partial charge on any atom is -0.466 e. The first-order chi connectivity index (χ1) is 61.3. The molecular formula is C108H232F3NO8S14. The predicted octanol–water partition coefficient (Wildman–Crippen LogP) is 41.5. The molecule has 134 heavy (non-hydrogen) atoms. The van der Waals surface area contributed by atoms with E-state index in [2.05, 4.69) is 329 Å². The number of alkyl halides is 3. The van der Waals surface area contributed by atoms with Gasteiger partial charge in [0, 0.05) is 66.3 Å². The largest absolute Gasteiger partial charge is 0.466 e. The van der Waals surface area contributed by atoms with Crippen LogP contribution in [0, 0.1) is 88.8 Å². The van der Waals surface area contributed by atoms with Gasteiger partial charge in [-0.05, 0) is 177 Å². The first-order valence-corrected chi connectivity index (χ1v) is 66.8. The molecule has 0 amide bonds. The molecule has 0 bridgehead atoms. The summed E-state index contributed by atoms with van der Waals surface area (Å²) in [6, 6.07) is 10.9. The summed E-state index contributed by atoms with van der Waals surface area (Å²) in [6.07, 6.45) is 11.5. The summed E-state index contributed by atoms with van der Waals surface area (Å²) in [5.74, 6) is 15.0. The molecule has 9 nitrogen and oxygen atoms in total. The van der Waals surface area contributed by atoms with Gasteiger partial charge in [0.05, 0.1) is 49.3 Å². The number of halogens is 3. The second-order valence-electron chi connectivity index (χ2n) is 38.7. The molecule has 1 rings (SSSR count). The Morgan fingerprint density at radius 2 is 0.731 bits per heavy atom. The lowest BCUT2D eigenvalue weighted by Crippen LogP contribution is -2.17. The zero-order valence-electron chi connectivity index (χ0n) is 98.3. The molecule has 0 aromatic heterocycles. The van der Waals surface area contributed by atoms with Crippen LogP contribution in [0.4, 0.5) is 13.2 Å². The van der Waals surface area contributed by atoms with Gasteiger partial charge in [-0.25, -0.2) is 13.2 Å². The van der Waals surface area contributed by atoms with Crippen molar-refractivity contribution in [3.63, 3.8) is 0 Å². The van der Waals surface area contributed by atoms with E-state index in [4.69, 9.17) is 19.9 Å². The maximum atomic E-state index is 11.8. The van der Waals surface area contributed by atoms with E-state index in [-0.39, 0.29) is 41.6 Å². The van der Waals surface area contributed by atoms with E-state index in [1.54, 1.807) is 73.1 Å². The van der Waals surface area contributed by atoms with Crippen molar-refractivity contribution in [3.05, 3.63) is 55.6 Å². The summed E-state index contributed by atoms with van der Waals surface area (Å²) in [5, 5.41) is 1.61. The first-order valence-electron chi connectivity index (χ1n) is 49.8. The van der Waals surface area contributed by atoms with Crippen LogP contribution >= 0.6 is 153 Å². The van der Waals surface area contributed by atoms with Crippen LogP contribution in [0.5, 0.6) is 0 Å². The van der Waals surface area contributed by atoms with Gasteiger partial charge in [0.15, 0.2) is 0 Å². The standard InChI is InChI=1S/C10H14S.C8H18S2.C7H12O2.C7H16OS2.C7H16S2.C7H16S.2C6H12O2.C6H14OS2.C6H14S2.C6H12.C5H10F2.C5H11F.C5H12S2.2C5H12.C4H10.C3H9N/c1-9(2)8-11-10-6-4-3-5-7-10;1-7(2)6-9-10-8(3,4)5;1-4-5-9-7(8)6(2)3;1-5-9-10-7(4)8-6(2)3;1-6(2)5-8-9-7(3)4;1-5-8-7(4)6(2)3;2*1-4-8-6(7)5(2)3;1-5(2)7-6(3)9-8-4;1-4-7-8-5-6(2)3;1-4-5-6(2)3;1-4(2)5(3,6)7;1-4(2)5(3)6;1-5(2)4-7-6-3;2*1-4-5(2)3;1-4(2)3;1-3(2)4/h3-7,9H,8H2,1-2H3;7H,6H2,1-5H3;4,6H,1,5H2,2-3H3;6-7H,5H2,1-4H3;6-7H,5H2,1-4H3;6-7H,5H2,1-4H3;2*5H,4H2,1-3H3;5-6H,1-4H3;6H,4-5H2,1-3H3;4,6H,1,5H2,2-3H3;4H,1-3H3;4-5H,1-3H3;5H,4H2,1-3H3;2*5H,4H2,1-3H3;4H,1-3H3;3H,4H2,1-2H3. The highest BCUT2D eigenvalue weighted by Gasteiger charge is 2.25. The third-order valence-corrected chi connectivity index (χ3v) is 32.6. The van der Waals surface area contributed by atoms with Gasteiger partial charge >= 0.3 is 17.9 Å². The summed E-state index contributed by atoms with van der Waals surface area (Å²) >= 11 is 3.97. The molecule has 1 aromatic rings. The number of allylic oxidation sites excluding steroid dienone is 1. The number of esters is 3. The number of nitrogens with two attached hydrogens (primary N) is 1. The van der Waals surface area contributed by atoms with Gasteiger partial charge in [-0.1, -0.05) is 484 Å². The molecule has 26 heteroatoms. The molecule has 2 N–H and O–H groups in total. The van der Waals surface area contributed by atoms with Crippen molar-refractivity contribution in [3.8, 4) is 0 Å². The smallest absolute Gasteiger partial charge is 0.308 e. The van der Waals surface area contributed by atoms with E-state index in [9.17, 15) is 27.6 Å². The summed E-state index contributed by atoms with van der Waals surface area (Å²) in [5.41, 5.74) is 5.75. The van der Waals surface area contributed by atoms with Crippen molar-refractivity contribution in [1.29, 1.82) is 0 Å². The normalized spacial score (nSPS) is 11.4. The number of hydrogen-bond acceptors (Lipinski definition) is 23. The fourth-order valence-corrected chi connectivity index (χ4v) is 18.8. The number of ether oxygens (including phenoxy) is 5. The van der Waals surface area contributed by atoms with E-state index in [0.29, 0.717) is 53.7 Å². The van der Waals surface area contributed by atoms with Crippen LogP contribution in [0.2, 0.25) is 0 Å². The Kier molecular flexibility index (Phi) is 173. The van der Waals surface area contributed by atoms with Crippen LogP contribution in [0.15, 0.2) is 60.5 Å². The Labute approximate surface area is 896 Å². The first kappa shape index (κ1) is 175. The minimum atomic E-state index is -2.50. The van der Waals surface area contributed by atoms with Crippen LogP contribution < -0.4 is 5.73 Å². The van der Waals surface area contributed by atoms with Crippen LogP contribution in [0.3, 0.4) is 0 Å². The average molecular weight is 2180 g/mol. The number of carbonyl (C=O) groups excluding carboxylic acids is 3. The van der Waals surface area contributed by atoms with Gasteiger partial charge in [0.25, 0.3) is 0 Å². The van der Waals surface area contributed by atoms with Gasteiger partial charge in [0.1, 0.15) is 17.5 Å². The predicted molar refractivity (Wildman–Crippen MR) is 653 cm³/mol. The molecule has 0 saturated carbocycles. The van der Waals surface area contributed by atoms with Crippen LogP contribution in [0.1, 0.15) is 393 Å². The SMILES string of the molecule is C=CCC(C)C.C=CCOC(=O)C(C)C.CC(C)C.CC(C)C(C)(F)F.CC(C)C(C)F.CC(C)CSSC(C)(C)C.CC(C)CSSC(C)C.CC(C)CSc1ccccc1.CC(C)N.CCC(C)C.CCC(C)C.CCOC(=O)C(C)C.CCOC(=O)C(C)C.CCSC(C)C(C)C.CCSSC(C)OC(C)C.CCSSCC(C)C.CSSC(C)OC(C)C.CSSCC(C)C. The van der Waals surface area contributed by atoms with E-state index < -0.39 is 18.0 Å². The van der Waals surface area contributed by atoms with Crippen LogP contribution in [-0.4, -0.2) is 153 Å². The zero-order valence-corrected chi connectivity index (χ0v) is 110. The van der Waals surface area contributed by atoms with Gasteiger partial charge in [0.2, 0.25) is 5.92 Å². The summed E-state index contributed by atoms with van der Waals surface area (Å²) in [7, 11) is 22.8. The third kappa shape index (κ3) is 247. The summed E-state index contributed by atoms with van der Waals surface area (Å²) in [6.45, 7) is 120. The fraction of sp³-hybridized carbons (Fsp3) is 0.880. The molecule has 0 aliphatic rings. The average Bonchev–Trinajstić information content (AvgIpc) is 0.957. The Balaban J connectivity index is -0.0000000725. The molecule has 0 heterocycles. The van der Waals surface area contributed by atoms with Crippen molar-refractivity contribution in [2.75, 3.05) is 78.4 Å². The summed E-state index contributed by atoms with van der Waals surface area (Å²) in [4.78, 5) is 33.0. The monoisotopic (exact) mass is 2180 g/mol. The third-order valence-electron chi connectivity index (χ3n) is 13.2. The maximum Gasteiger partial charge on any atom is 0.308 e. The highest BCUT2D eigenvalue weighted by atomic mass is 33.1. The second kappa shape index (κ2) is 133. The van der Waals surface area contributed by atoms with Crippen molar-refractivity contribution < 1.29 is 51.2 Å². The number of benzene rings is 1. The lowest BCUT2D eigenvalue weighted by molar-refractivity contribution is -0.147. The van der Waals surface area contributed by atoms with Crippen LogP contribution in [0.25, 0.3) is 0 Å². The molecule has 0 radical (unpaired) electrons. The van der Waals surface area contributed by atoms with Crippen molar-refractivity contribution in [2.45, 2.75) is 455 Å². The highest BCUT2D eigenvalue weighted by Crippen LogP contribution is 2.36. The van der Waals surface area contributed by atoms with E-state index in [1.807, 2.05) is 182 Å². The van der Waals surface area contributed by atoms with E-state index in [1.165, 1.54) is 71.9 Å². The zero-order chi connectivity index (χ0) is 110. The quantitative estimate of drug-likeness (QED) is 0.0127. The molecule has 0 aliphatic heterocycles. The molecular weight excluding hydrogens is 1950 g/mol.